The predicted octanol–water partition coefficient (Wildman–Crippen LogP) is 1.09. The van der Waals surface area contributed by atoms with E-state index in [1.54, 1.807) is 24.2 Å². The number of carbonyl (C=O) groups excluding carboxylic acids is 1. The summed E-state index contributed by atoms with van der Waals surface area (Å²) >= 11 is 6.03. The summed E-state index contributed by atoms with van der Waals surface area (Å²) in [6.45, 7) is 2.48. The van der Waals surface area contributed by atoms with Crippen molar-refractivity contribution in [3.05, 3.63) is 29.1 Å². The number of pyridine rings is 1. The maximum atomic E-state index is 11.5. The van der Waals surface area contributed by atoms with Crippen LogP contribution in [0.1, 0.15) is 6.92 Å². The van der Waals surface area contributed by atoms with Gasteiger partial charge in [-0.2, -0.15) is 0 Å². The van der Waals surface area contributed by atoms with Gasteiger partial charge in [0.2, 0.25) is 0 Å². The second kappa shape index (κ2) is 5.24. The Morgan fingerprint density at radius 2 is 2.50 bits per heavy atom. The van der Waals surface area contributed by atoms with Crippen molar-refractivity contribution in [2.75, 3.05) is 23.9 Å². The van der Waals surface area contributed by atoms with Crippen LogP contribution >= 0.6 is 11.6 Å². The highest BCUT2D eigenvalue weighted by atomic mass is 35.5. The molecule has 18 heavy (non-hydrogen) atoms. The number of nitrogens with one attached hydrogen (secondary N) is 1. The molecule has 0 radical (unpaired) electrons. The fraction of sp³-hybridized carbons (Fsp3) is 0.273. The fourth-order valence-electron chi connectivity index (χ4n) is 1.52. The van der Waals surface area contributed by atoms with Crippen LogP contribution in [0.15, 0.2) is 24.0 Å². The number of esters is 1. The Kier molecular flexibility index (Phi) is 3.69. The van der Waals surface area contributed by atoms with E-state index in [1.165, 1.54) is 6.20 Å². The standard InChI is InChI=1S/C11H13ClN4O2/c1-2-18-11(17)7-4-15-16(6-7)10-9(12)3-8(13)5-14-10/h3,5-6,15H,2,4,13H2,1H3. The van der Waals surface area contributed by atoms with E-state index >= 15 is 0 Å². The number of carbonyl (C=O) groups is 1. The molecular weight excluding hydrogens is 256 g/mol. The molecule has 2 heterocycles. The Morgan fingerprint density at radius 3 is 3.17 bits per heavy atom. The van der Waals surface area contributed by atoms with Gasteiger partial charge in [-0.15, -0.1) is 0 Å². The van der Waals surface area contributed by atoms with E-state index in [1.807, 2.05) is 0 Å². The highest BCUT2D eigenvalue weighted by Crippen LogP contribution is 2.26. The van der Waals surface area contributed by atoms with Gasteiger partial charge in [0.05, 0.1) is 29.1 Å². The van der Waals surface area contributed by atoms with Crippen LogP contribution in [-0.2, 0) is 9.53 Å². The topological polar surface area (TPSA) is 80.5 Å². The van der Waals surface area contributed by atoms with E-state index < -0.39 is 0 Å². The maximum absolute atomic E-state index is 11.5. The van der Waals surface area contributed by atoms with Crippen LogP contribution in [0.5, 0.6) is 0 Å². The van der Waals surface area contributed by atoms with Gasteiger partial charge < -0.3 is 10.5 Å². The second-order valence-electron chi connectivity index (χ2n) is 3.65. The molecule has 0 saturated heterocycles. The molecule has 1 aliphatic heterocycles. The average molecular weight is 269 g/mol. The van der Waals surface area contributed by atoms with Gasteiger partial charge in [0.15, 0.2) is 5.82 Å². The summed E-state index contributed by atoms with van der Waals surface area (Å²) in [5, 5.41) is 1.98. The molecule has 6 nitrogen and oxygen atoms in total. The van der Waals surface area contributed by atoms with Gasteiger partial charge >= 0.3 is 5.97 Å². The van der Waals surface area contributed by atoms with E-state index in [-0.39, 0.29) is 5.97 Å². The predicted molar refractivity (Wildman–Crippen MR) is 68.9 cm³/mol. The summed E-state index contributed by atoms with van der Waals surface area (Å²) in [5.74, 6) is 0.143. The number of halogens is 1. The van der Waals surface area contributed by atoms with Crippen molar-refractivity contribution in [1.29, 1.82) is 0 Å². The van der Waals surface area contributed by atoms with Gasteiger partial charge in [-0.25, -0.2) is 15.2 Å². The molecule has 0 atom stereocenters. The van der Waals surface area contributed by atoms with E-state index in [0.717, 1.165) is 0 Å². The molecule has 0 spiro atoms. The first-order chi connectivity index (χ1) is 8.61. The van der Waals surface area contributed by atoms with Gasteiger partial charge in [0.25, 0.3) is 0 Å². The lowest BCUT2D eigenvalue weighted by atomic mass is 10.3. The molecule has 2 rings (SSSR count). The van der Waals surface area contributed by atoms with Crippen molar-refractivity contribution in [1.82, 2.24) is 10.4 Å². The van der Waals surface area contributed by atoms with Crippen molar-refractivity contribution < 1.29 is 9.53 Å². The molecule has 0 amide bonds. The molecular formula is C11H13ClN4O2. The summed E-state index contributed by atoms with van der Waals surface area (Å²) in [6.07, 6.45) is 3.11. The smallest absolute Gasteiger partial charge is 0.336 e. The summed E-state index contributed by atoms with van der Waals surface area (Å²) in [5.41, 5.74) is 9.54. The number of nitrogens with two attached hydrogens (primary N) is 1. The molecule has 0 saturated carbocycles. The Morgan fingerprint density at radius 1 is 1.72 bits per heavy atom. The van der Waals surface area contributed by atoms with Crippen LogP contribution in [0.4, 0.5) is 11.5 Å². The number of ether oxygens (including phenoxy) is 1. The van der Waals surface area contributed by atoms with Crippen molar-refractivity contribution >= 4 is 29.1 Å². The lowest BCUT2D eigenvalue weighted by Crippen LogP contribution is -2.29. The number of rotatable bonds is 3. The molecule has 7 heteroatoms. The van der Waals surface area contributed by atoms with Crippen LogP contribution in [0, 0.1) is 0 Å². The molecule has 3 N–H and O–H groups in total. The van der Waals surface area contributed by atoms with Crippen LogP contribution in [0.25, 0.3) is 0 Å². The van der Waals surface area contributed by atoms with E-state index in [0.29, 0.717) is 35.3 Å². The molecule has 0 aromatic carbocycles. The van der Waals surface area contributed by atoms with Crippen LogP contribution in [0.2, 0.25) is 5.02 Å². The number of hydrazine groups is 1. The summed E-state index contributed by atoms with van der Waals surface area (Å²) in [6, 6.07) is 1.60. The van der Waals surface area contributed by atoms with Gasteiger partial charge in [0, 0.05) is 12.7 Å². The minimum atomic E-state index is -0.348. The number of aromatic nitrogens is 1. The number of anilines is 2. The van der Waals surface area contributed by atoms with Crippen molar-refractivity contribution in [2.24, 2.45) is 0 Å². The number of hydrogen-bond acceptors (Lipinski definition) is 6. The van der Waals surface area contributed by atoms with Gasteiger partial charge in [-0.05, 0) is 13.0 Å². The first-order valence-corrected chi connectivity index (χ1v) is 5.81. The monoisotopic (exact) mass is 268 g/mol. The van der Waals surface area contributed by atoms with Gasteiger partial charge in [-0.3, -0.25) is 5.01 Å². The fourth-order valence-corrected chi connectivity index (χ4v) is 1.79. The third kappa shape index (κ3) is 2.55. The Bertz CT molecular complexity index is 504. The Balaban J connectivity index is 2.19. The van der Waals surface area contributed by atoms with Gasteiger partial charge in [-0.1, -0.05) is 11.6 Å². The zero-order chi connectivity index (χ0) is 13.1. The molecule has 1 aliphatic rings. The normalized spacial score (nSPS) is 14.6. The Hall–Kier alpha value is -1.79. The van der Waals surface area contributed by atoms with Crippen LogP contribution < -0.4 is 16.2 Å². The van der Waals surface area contributed by atoms with Crippen molar-refractivity contribution in [2.45, 2.75) is 6.92 Å². The second-order valence-corrected chi connectivity index (χ2v) is 4.06. The molecule has 1 aromatic rings. The molecule has 0 unspecified atom stereocenters. The first-order valence-electron chi connectivity index (χ1n) is 5.43. The Labute approximate surface area is 109 Å². The first kappa shape index (κ1) is 12.7. The largest absolute Gasteiger partial charge is 0.463 e. The minimum Gasteiger partial charge on any atom is -0.463 e. The van der Waals surface area contributed by atoms with E-state index in [9.17, 15) is 4.79 Å². The van der Waals surface area contributed by atoms with Gasteiger partial charge in [0.1, 0.15) is 0 Å². The lowest BCUT2D eigenvalue weighted by Gasteiger charge is -2.15. The molecule has 0 fully saturated rings. The third-order valence-electron chi connectivity index (χ3n) is 2.33. The number of hydrogen-bond donors (Lipinski definition) is 2. The number of nitrogen functional groups attached to an aromatic ring is 1. The van der Waals surface area contributed by atoms with Crippen LogP contribution in [0.3, 0.4) is 0 Å². The van der Waals surface area contributed by atoms with Crippen molar-refractivity contribution in [3.63, 3.8) is 0 Å². The van der Waals surface area contributed by atoms with Crippen molar-refractivity contribution in [3.8, 4) is 0 Å². The van der Waals surface area contributed by atoms with E-state index in [2.05, 4.69) is 10.4 Å². The SMILES string of the molecule is CCOC(=O)C1=CN(c2ncc(N)cc2Cl)NC1. The zero-order valence-corrected chi connectivity index (χ0v) is 10.6. The third-order valence-corrected chi connectivity index (χ3v) is 2.61. The summed E-state index contributed by atoms with van der Waals surface area (Å²) in [4.78, 5) is 15.6. The highest BCUT2D eigenvalue weighted by molar-refractivity contribution is 6.33. The average Bonchev–Trinajstić information content (AvgIpc) is 2.78. The maximum Gasteiger partial charge on any atom is 0.336 e. The number of nitrogens with zero attached hydrogens (tertiary/aromatic N) is 2. The molecule has 0 bridgehead atoms. The van der Waals surface area contributed by atoms with Crippen LogP contribution in [-0.4, -0.2) is 24.1 Å². The van der Waals surface area contributed by atoms with E-state index in [4.69, 9.17) is 22.1 Å². The zero-order valence-electron chi connectivity index (χ0n) is 9.81. The minimum absolute atomic E-state index is 0.344. The lowest BCUT2D eigenvalue weighted by molar-refractivity contribution is -0.138. The molecule has 96 valence electrons. The highest BCUT2D eigenvalue weighted by Gasteiger charge is 2.22. The summed E-state index contributed by atoms with van der Waals surface area (Å²) in [7, 11) is 0. The quantitative estimate of drug-likeness (QED) is 0.799. The molecule has 0 aliphatic carbocycles. The molecule has 1 aromatic heterocycles. The summed E-state index contributed by atoms with van der Waals surface area (Å²) < 4.78 is 4.91.